The molecule has 1 amide bonds. The molecule has 0 atom stereocenters. The van der Waals surface area contributed by atoms with Gasteiger partial charge in [0, 0.05) is 5.92 Å². The number of amides is 1. The quantitative estimate of drug-likeness (QED) is 0.907. The van der Waals surface area contributed by atoms with Gasteiger partial charge in [0.05, 0.1) is 0 Å². The van der Waals surface area contributed by atoms with Crippen LogP contribution in [0.5, 0.6) is 0 Å². The van der Waals surface area contributed by atoms with E-state index >= 15 is 0 Å². The third-order valence-corrected chi connectivity index (χ3v) is 3.55. The number of carbonyl (C=O) groups excluding carboxylic acids is 1. The van der Waals surface area contributed by atoms with Gasteiger partial charge in [-0.15, -0.1) is 10.2 Å². The first-order chi connectivity index (χ1) is 8.22. The minimum Gasteiger partial charge on any atom is -0.456 e. The molecule has 17 heavy (non-hydrogen) atoms. The lowest BCUT2D eigenvalue weighted by molar-refractivity contribution is 0.0995. The number of nitrogens with one attached hydrogen (secondary N) is 1. The Bertz CT molecular complexity index is 557. The molecule has 2 aromatic heterocycles. The summed E-state index contributed by atoms with van der Waals surface area (Å²) in [6.07, 6.45) is 2.36. The molecule has 3 rings (SSSR count). The molecule has 0 aliphatic heterocycles. The van der Waals surface area contributed by atoms with Crippen LogP contribution in [-0.2, 0) is 0 Å². The average Bonchev–Trinajstić information content (AvgIpc) is 2.90. The summed E-state index contributed by atoms with van der Waals surface area (Å²) in [6.45, 7) is 1.80. The van der Waals surface area contributed by atoms with Gasteiger partial charge in [-0.05, 0) is 31.9 Å². The number of furan rings is 1. The van der Waals surface area contributed by atoms with E-state index in [0.717, 1.165) is 5.01 Å². The maximum Gasteiger partial charge on any atom is 0.293 e. The lowest BCUT2D eigenvalue weighted by Gasteiger charge is -1.96. The Labute approximate surface area is 102 Å². The summed E-state index contributed by atoms with van der Waals surface area (Å²) in [6, 6.07) is 3.40. The van der Waals surface area contributed by atoms with Crippen LogP contribution >= 0.6 is 11.3 Å². The highest BCUT2D eigenvalue weighted by molar-refractivity contribution is 7.15. The van der Waals surface area contributed by atoms with Crippen LogP contribution in [0.4, 0.5) is 5.13 Å². The second-order valence-corrected chi connectivity index (χ2v) is 5.09. The summed E-state index contributed by atoms with van der Waals surface area (Å²) in [5, 5.41) is 12.2. The predicted octanol–water partition coefficient (Wildman–Crippen LogP) is 2.57. The molecular weight excluding hydrogens is 238 g/mol. The topological polar surface area (TPSA) is 68.0 Å². The first-order valence-electron chi connectivity index (χ1n) is 5.43. The Kier molecular flexibility index (Phi) is 2.44. The van der Waals surface area contributed by atoms with Crippen LogP contribution in [0.1, 0.15) is 40.1 Å². The summed E-state index contributed by atoms with van der Waals surface area (Å²) in [4.78, 5) is 11.8. The van der Waals surface area contributed by atoms with Crippen molar-refractivity contribution >= 4 is 22.4 Å². The highest BCUT2D eigenvalue weighted by Crippen LogP contribution is 2.42. The minimum atomic E-state index is -0.281. The largest absolute Gasteiger partial charge is 0.456 e. The number of rotatable bonds is 3. The van der Waals surface area contributed by atoms with Gasteiger partial charge in [0.25, 0.3) is 5.91 Å². The van der Waals surface area contributed by atoms with Crippen LogP contribution in [0.15, 0.2) is 16.5 Å². The number of aromatic nitrogens is 2. The normalized spacial score (nSPS) is 14.9. The molecule has 1 saturated carbocycles. The van der Waals surface area contributed by atoms with E-state index in [1.165, 1.54) is 24.2 Å². The Morgan fingerprint density at radius 3 is 2.94 bits per heavy atom. The SMILES string of the molecule is Cc1ccc(C(=O)Nc2nnc(C3CC3)s2)o1. The number of aryl methyl sites for hydroxylation is 1. The molecule has 0 unspecified atom stereocenters. The van der Waals surface area contributed by atoms with Crippen molar-refractivity contribution in [1.82, 2.24) is 10.2 Å². The maximum absolute atomic E-state index is 11.8. The number of hydrogen-bond acceptors (Lipinski definition) is 5. The molecule has 0 bridgehead atoms. The Morgan fingerprint density at radius 1 is 1.47 bits per heavy atom. The lowest BCUT2D eigenvalue weighted by atomic mass is 10.4. The van der Waals surface area contributed by atoms with Crippen molar-refractivity contribution in [3.8, 4) is 0 Å². The van der Waals surface area contributed by atoms with Crippen LogP contribution < -0.4 is 5.32 Å². The van der Waals surface area contributed by atoms with Crippen molar-refractivity contribution in [3.05, 3.63) is 28.7 Å². The molecule has 1 aliphatic rings. The molecule has 1 N–H and O–H groups in total. The van der Waals surface area contributed by atoms with Gasteiger partial charge >= 0.3 is 0 Å². The zero-order chi connectivity index (χ0) is 11.8. The standard InChI is InChI=1S/C11H11N3O2S/c1-6-2-5-8(16-6)9(15)12-11-14-13-10(17-11)7-3-4-7/h2,5,7H,3-4H2,1H3,(H,12,14,15). The first kappa shape index (κ1) is 10.5. The van der Waals surface area contributed by atoms with Crippen molar-refractivity contribution in [2.75, 3.05) is 5.32 Å². The molecule has 6 heteroatoms. The molecule has 2 aromatic rings. The number of anilines is 1. The highest BCUT2D eigenvalue weighted by Gasteiger charge is 2.27. The smallest absolute Gasteiger partial charge is 0.293 e. The molecule has 0 aromatic carbocycles. The van der Waals surface area contributed by atoms with Gasteiger partial charge in [-0.25, -0.2) is 0 Å². The molecule has 1 aliphatic carbocycles. The van der Waals surface area contributed by atoms with Gasteiger partial charge in [0.2, 0.25) is 5.13 Å². The van der Waals surface area contributed by atoms with Crippen molar-refractivity contribution in [2.24, 2.45) is 0 Å². The molecular formula is C11H11N3O2S. The van der Waals surface area contributed by atoms with Gasteiger partial charge < -0.3 is 4.42 Å². The molecule has 88 valence electrons. The molecule has 0 saturated heterocycles. The van der Waals surface area contributed by atoms with Crippen LogP contribution in [-0.4, -0.2) is 16.1 Å². The third-order valence-electron chi connectivity index (χ3n) is 2.55. The van der Waals surface area contributed by atoms with Gasteiger partial charge in [0.1, 0.15) is 10.8 Å². The fourth-order valence-corrected chi connectivity index (χ4v) is 2.40. The molecule has 1 fully saturated rings. The third kappa shape index (κ3) is 2.21. The summed E-state index contributed by atoms with van der Waals surface area (Å²) < 4.78 is 5.23. The van der Waals surface area contributed by atoms with Gasteiger partial charge in [-0.2, -0.15) is 0 Å². The van der Waals surface area contributed by atoms with Crippen LogP contribution in [0.2, 0.25) is 0 Å². The molecule has 0 spiro atoms. The zero-order valence-electron chi connectivity index (χ0n) is 9.27. The molecule has 5 nitrogen and oxygen atoms in total. The van der Waals surface area contributed by atoms with Crippen molar-refractivity contribution < 1.29 is 9.21 Å². The van der Waals surface area contributed by atoms with E-state index in [4.69, 9.17) is 4.42 Å². The fraction of sp³-hybridized carbons (Fsp3) is 0.364. The Hall–Kier alpha value is -1.69. The average molecular weight is 249 g/mol. The lowest BCUT2D eigenvalue weighted by Crippen LogP contribution is -2.10. The molecule has 2 heterocycles. The second-order valence-electron chi connectivity index (χ2n) is 4.08. The second kappa shape index (κ2) is 3.96. The van der Waals surface area contributed by atoms with Crippen LogP contribution in [0, 0.1) is 6.92 Å². The van der Waals surface area contributed by atoms with E-state index in [2.05, 4.69) is 15.5 Å². The van der Waals surface area contributed by atoms with E-state index in [1.54, 1.807) is 19.1 Å². The first-order valence-corrected chi connectivity index (χ1v) is 6.25. The Morgan fingerprint density at radius 2 is 2.29 bits per heavy atom. The number of hydrogen-bond donors (Lipinski definition) is 1. The highest BCUT2D eigenvalue weighted by atomic mass is 32.1. The van der Waals surface area contributed by atoms with Gasteiger partial charge in [-0.1, -0.05) is 11.3 Å². The van der Waals surface area contributed by atoms with Crippen molar-refractivity contribution in [2.45, 2.75) is 25.7 Å². The Balaban J connectivity index is 1.71. The van der Waals surface area contributed by atoms with E-state index < -0.39 is 0 Å². The van der Waals surface area contributed by atoms with E-state index in [0.29, 0.717) is 22.6 Å². The summed E-state index contributed by atoms with van der Waals surface area (Å²) >= 11 is 1.44. The monoisotopic (exact) mass is 249 g/mol. The van der Waals surface area contributed by atoms with Crippen molar-refractivity contribution in [1.29, 1.82) is 0 Å². The van der Waals surface area contributed by atoms with Gasteiger partial charge in [0.15, 0.2) is 5.76 Å². The van der Waals surface area contributed by atoms with Crippen LogP contribution in [0.25, 0.3) is 0 Å². The van der Waals surface area contributed by atoms with Gasteiger partial charge in [-0.3, -0.25) is 10.1 Å². The maximum atomic E-state index is 11.8. The van der Waals surface area contributed by atoms with E-state index in [9.17, 15) is 4.79 Å². The summed E-state index contributed by atoms with van der Waals surface area (Å²) in [7, 11) is 0. The zero-order valence-corrected chi connectivity index (χ0v) is 10.1. The minimum absolute atomic E-state index is 0.281. The van der Waals surface area contributed by atoms with Crippen molar-refractivity contribution in [3.63, 3.8) is 0 Å². The fourth-order valence-electron chi connectivity index (χ4n) is 1.50. The number of carbonyl (C=O) groups is 1. The predicted molar refractivity (Wildman–Crippen MR) is 63.3 cm³/mol. The number of nitrogens with zero attached hydrogens (tertiary/aromatic N) is 2. The van der Waals surface area contributed by atoms with E-state index in [1.807, 2.05) is 0 Å². The van der Waals surface area contributed by atoms with Crippen LogP contribution in [0.3, 0.4) is 0 Å². The molecule has 0 radical (unpaired) electrons. The van der Waals surface area contributed by atoms with E-state index in [-0.39, 0.29) is 5.91 Å². The summed E-state index contributed by atoms with van der Waals surface area (Å²) in [5.41, 5.74) is 0. The summed E-state index contributed by atoms with van der Waals surface area (Å²) in [5.74, 6) is 1.29.